The Morgan fingerprint density at radius 2 is 1.78 bits per heavy atom. The van der Waals surface area contributed by atoms with Gasteiger partial charge in [-0.2, -0.15) is 0 Å². The number of esters is 2. The van der Waals surface area contributed by atoms with E-state index in [4.69, 9.17) is 14.2 Å². The molecule has 27 heavy (non-hydrogen) atoms. The number of benzene rings is 1. The number of aryl methyl sites for hydroxylation is 2. The molecule has 0 saturated heterocycles. The number of para-hydroxylation sites is 1. The number of aromatic nitrogens is 1. The van der Waals surface area contributed by atoms with E-state index in [9.17, 15) is 14.4 Å². The van der Waals surface area contributed by atoms with Gasteiger partial charge in [0.05, 0.1) is 18.4 Å². The number of carbonyl (C=O) groups excluding carboxylic acids is 3. The van der Waals surface area contributed by atoms with Crippen molar-refractivity contribution in [2.45, 2.75) is 33.8 Å². The van der Waals surface area contributed by atoms with E-state index in [2.05, 4.69) is 4.98 Å². The highest BCUT2D eigenvalue weighted by Crippen LogP contribution is 2.21. The zero-order valence-electron chi connectivity index (χ0n) is 16.0. The van der Waals surface area contributed by atoms with Gasteiger partial charge in [0.2, 0.25) is 5.78 Å². The Hall–Kier alpha value is -3.09. The lowest BCUT2D eigenvalue weighted by Crippen LogP contribution is -2.28. The molecule has 1 aromatic heterocycles. The highest BCUT2D eigenvalue weighted by Gasteiger charge is 2.27. The third-order valence-corrected chi connectivity index (χ3v) is 4.19. The smallest absolute Gasteiger partial charge is 0.344 e. The van der Waals surface area contributed by atoms with Crippen molar-refractivity contribution in [1.29, 1.82) is 0 Å². The third-order valence-electron chi connectivity index (χ3n) is 4.19. The lowest BCUT2D eigenvalue weighted by atomic mass is 10.1. The fourth-order valence-corrected chi connectivity index (χ4v) is 2.75. The average molecular weight is 373 g/mol. The highest BCUT2D eigenvalue weighted by atomic mass is 16.6. The van der Waals surface area contributed by atoms with Crippen molar-refractivity contribution in [2.24, 2.45) is 0 Å². The molecule has 0 fully saturated rings. The SMILES string of the molecule is COC(=O)c1c(C)[nH]c(C(=O)C(C)OC(=O)COc2ccccc2C)c1C. The predicted octanol–water partition coefficient (Wildman–Crippen LogP) is 2.92. The Kier molecular flexibility index (Phi) is 6.39. The average Bonchev–Trinajstić information content (AvgIpc) is 2.94. The van der Waals surface area contributed by atoms with Gasteiger partial charge in [-0.1, -0.05) is 18.2 Å². The van der Waals surface area contributed by atoms with Crippen molar-refractivity contribution < 1.29 is 28.6 Å². The van der Waals surface area contributed by atoms with Crippen LogP contribution in [0.4, 0.5) is 0 Å². The van der Waals surface area contributed by atoms with Crippen molar-refractivity contribution in [3.8, 4) is 5.75 Å². The third kappa shape index (κ3) is 4.55. The number of hydrogen-bond acceptors (Lipinski definition) is 6. The summed E-state index contributed by atoms with van der Waals surface area (Å²) in [6, 6.07) is 7.28. The van der Waals surface area contributed by atoms with Crippen molar-refractivity contribution in [3.63, 3.8) is 0 Å². The predicted molar refractivity (Wildman–Crippen MR) is 98.2 cm³/mol. The molecule has 1 N–H and O–H groups in total. The van der Waals surface area contributed by atoms with Crippen molar-refractivity contribution in [2.75, 3.05) is 13.7 Å². The maximum Gasteiger partial charge on any atom is 0.344 e. The minimum absolute atomic E-state index is 0.216. The maximum absolute atomic E-state index is 12.6. The minimum atomic E-state index is -1.03. The molecular formula is C20H23NO6. The standard InChI is InChI=1S/C20H23NO6/c1-11-8-6-7-9-15(11)26-10-16(22)27-14(4)19(23)18-12(2)17(13(3)21-18)20(24)25-5/h6-9,14,21H,10H2,1-5H3. The summed E-state index contributed by atoms with van der Waals surface area (Å²) in [7, 11) is 1.27. The van der Waals surface area contributed by atoms with Gasteiger partial charge in [0.15, 0.2) is 12.7 Å². The van der Waals surface area contributed by atoms with E-state index in [0.29, 0.717) is 22.6 Å². The molecule has 144 valence electrons. The number of ketones is 1. The fraction of sp³-hybridized carbons (Fsp3) is 0.350. The molecule has 0 radical (unpaired) electrons. The molecule has 2 rings (SSSR count). The van der Waals surface area contributed by atoms with Gasteiger partial charge in [-0.3, -0.25) is 4.79 Å². The number of ether oxygens (including phenoxy) is 3. The van der Waals surface area contributed by atoms with Crippen LogP contribution in [0, 0.1) is 20.8 Å². The molecule has 0 spiro atoms. The van der Waals surface area contributed by atoms with E-state index in [1.807, 2.05) is 19.1 Å². The summed E-state index contributed by atoms with van der Waals surface area (Å²) in [5, 5.41) is 0. The number of Topliss-reactive ketones (excluding diaryl/α,β-unsaturated/α-hetero) is 1. The zero-order chi connectivity index (χ0) is 20.1. The molecule has 7 nitrogen and oxygen atoms in total. The fourth-order valence-electron chi connectivity index (χ4n) is 2.75. The van der Waals surface area contributed by atoms with Crippen molar-refractivity contribution in [3.05, 3.63) is 52.3 Å². The second kappa shape index (κ2) is 8.53. The van der Waals surface area contributed by atoms with Crippen LogP contribution in [0.15, 0.2) is 24.3 Å². The summed E-state index contributed by atoms with van der Waals surface area (Å²) in [4.78, 5) is 39.3. The zero-order valence-corrected chi connectivity index (χ0v) is 16.0. The minimum Gasteiger partial charge on any atom is -0.482 e. The summed E-state index contributed by atoms with van der Waals surface area (Å²) in [6.45, 7) is 6.34. The van der Waals surface area contributed by atoms with Crippen molar-refractivity contribution >= 4 is 17.7 Å². The number of hydrogen-bond donors (Lipinski definition) is 1. The first-order valence-electron chi connectivity index (χ1n) is 8.45. The number of carbonyl (C=O) groups is 3. The van der Waals surface area contributed by atoms with Gasteiger partial charge in [0.25, 0.3) is 0 Å². The molecule has 0 aliphatic carbocycles. The van der Waals surface area contributed by atoms with Gasteiger partial charge >= 0.3 is 11.9 Å². The first-order valence-corrected chi connectivity index (χ1v) is 8.45. The largest absolute Gasteiger partial charge is 0.482 e. The maximum atomic E-state index is 12.6. The van der Waals surface area contributed by atoms with Crippen LogP contribution >= 0.6 is 0 Å². The molecule has 0 aliphatic rings. The number of methoxy groups -OCH3 is 1. The molecule has 0 aliphatic heterocycles. The Morgan fingerprint density at radius 1 is 1.11 bits per heavy atom. The first kappa shape index (κ1) is 20.2. The van der Waals surface area contributed by atoms with Gasteiger partial charge in [0, 0.05) is 5.69 Å². The van der Waals surface area contributed by atoms with Gasteiger partial charge in [-0.25, -0.2) is 9.59 Å². The molecule has 7 heteroatoms. The van der Waals surface area contributed by atoms with E-state index < -0.39 is 23.8 Å². The van der Waals surface area contributed by atoms with Crippen LogP contribution in [-0.4, -0.2) is 42.5 Å². The van der Waals surface area contributed by atoms with Crippen LogP contribution in [0.2, 0.25) is 0 Å². The van der Waals surface area contributed by atoms with E-state index in [1.165, 1.54) is 14.0 Å². The van der Waals surface area contributed by atoms with Gasteiger partial charge in [-0.05, 0) is 44.9 Å². The molecule has 1 unspecified atom stereocenters. The normalized spacial score (nSPS) is 11.6. The van der Waals surface area contributed by atoms with Crippen LogP contribution in [0.1, 0.15) is 44.6 Å². The molecule has 1 heterocycles. The van der Waals surface area contributed by atoms with E-state index in [-0.39, 0.29) is 12.3 Å². The molecule has 2 aromatic rings. The Bertz CT molecular complexity index is 867. The second-order valence-electron chi connectivity index (χ2n) is 6.17. The molecular weight excluding hydrogens is 350 g/mol. The molecule has 0 bridgehead atoms. The number of nitrogens with one attached hydrogen (secondary N) is 1. The van der Waals surface area contributed by atoms with Crippen LogP contribution < -0.4 is 4.74 Å². The topological polar surface area (TPSA) is 94.7 Å². The molecule has 1 atom stereocenters. The van der Waals surface area contributed by atoms with Crippen molar-refractivity contribution in [1.82, 2.24) is 4.98 Å². The number of rotatable bonds is 7. The quantitative estimate of drug-likeness (QED) is 0.592. The van der Waals surface area contributed by atoms with Gasteiger partial charge < -0.3 is 19.2 Å². The summed E-state index contributed by atoms with van der Waals surface area (Å²) < 4.78 is 15.3. The second-order valence-corrected chi connectivity index (χ2v) is 6.17. The van der Waals surface area contributed by atoms with Crippen LogP contribution in [-0.2, 0) is 14.3 Å². The lowest BCUT2D eigenvalue weighted by Gasteiger charge is -2.13. The Balaban J connectivity index is 2.02. The lowest BCUT2D eigenvalue weighted by molar-refractivity contribution is -0.148. The van der Waals surface area contributed by atoms with Gasteiger partial charge in [-0.15, -0.1) is 0 Å². The molecule has 0 saturated carbocycles. The summed E-state index contributed by atoms with van der Waals surface area (Å²) in [6.07, 6.45) is -1.03. The van der Waals surface area contributed by atoms with Crippen LogP contribution in [0.3, 0.4) is 0 Å². The number of H-pyrrole nitrogens is 1. The Morgan fingerprint density at radius 3 is 2.41 bits per heavy atom. The Labute approximate surface area is 157 Å². The van der Waals surface area contributed by atoms with E-state index >= 15 is 0 Å². The summed E-state index contributed by atoms with van der Waals surface area (Å²) in [5.74, 6) is -1.05. The monoisotopic (exact) mass is 373 g/mol. The first-order chi connectivity index (χ1) is 12.8. The van der Waals surface area contributed by atoms with E-state index in [0.717, 1.165) is 5.56 Å². The molecule has 0 amide bonds. The summed E-state index contributed by atoms with van der Waals surface area (Å²) >= 11 is 0. The number of aromatic amines is 1. The van der Waals surface area contributed by atoms with Crippen LogP contribution in [0.5, 0.6) is 5.75 Å². The summed E-state index contributed by atoms with van der Waals surface area (Å²) in [5.41, 5.74) is 2.39. The molecule has 1 aromatic carbocycles. The highest BCUT2D eigenvalue weighted by molar-refractivity contribution is 6.03. The van der Waals surface area contributed by atoms with Crippen LogP contribution in [0.25, 0.3) is 0 Å². The van der Waals surface area contributed by atoms with Gasteiger partial charge in [0.1, 0.15) is 5.75 Å². The van der Waals surface area contributed by atoms with E-state index in [1.54, 1.807) is 26.0 Å².